The Bertz CT molecular complexity index is 513. The van der Waals surface area contributed by atoms with Crippen LogP contribution < -0.4 is 10.0 Å². The third-order valence-electron chi connectivity index (χ3n) is 2.59. The molecule has 2 atom stereocenters. The fraction of sp³-hybridized carbons (Fsp3) is 0.538. The first-order valence-electron chi connectivity index (χ1n) is 6.62. The minimum atomic E-state index is -1.52. The number of nitrogens with one attached hydrogen (secondary N) is 2. The van der Waals surface area contributed by atoms with Crippen LogP contribution in [0.25, 0.3) is 0 Å². The first-order valence-corrected chi connectivity index (χ1v) is 8.74. The maximum Gasteiger partial charge on any atom is 0.303 e. The van der Waals surface area contributed by atoms with Crippen molar-refractivity contribution in [2.24, 2.45) is 0 Å². The molecular formula is C13H20BrN3O3S. The molecule has 0 aliphatic rings. The Balaban J connectivity index is 2.76. The van der Waals surface area contributed by atoms with E-state index in [1.807, 2.05) is 6.07 Å². The van der Waals surface area contributed by atoms with Gasteiger partial charge in [0.1, 0.15) is 4.60 Å². The number of ether oxygens (including phenoxy) is 1. The van der Waals surface area contributed by atoms with Gasteiger partial charge < -0.3 is 10.1 Å². The number of nitrogens with zero attached hydrogens (tertiary/aromatic N) is 1. The highest BCUT2D eigenvalue weighted by atomic mass is 79.9. The van der Waals surface area contributed by atoms with E-state index in [4.69, 9.17) is 4.74 Å². The van der Waals surface area contributed by atoms with Gasteiger partial charge in [-0.2, -0.15) is 0 Å². The van der Waals surface area contributed by atoms with Crippen LogP contribution in [0.1, 0.15) is 33.6 Å². The largest absolute Gasteiger partial charge is 0.450 e. The molecule has 0 amide bonds. The number of rotatable bonds is 8. The van der Waals surface area contributed by atoms with Gasteiger partial charge in [0.15, 0.2) is 16.9 Å². The SMILES string of the molecule is CCCC(C)Nc1cc(Br)ncc1NS(=O)COC(C)=O. The van der Waals surface area contributed by atoms with Crippen molar-refractivity contribution in [1.29, 1.82) is 0 Å². The van der Waals surface area contributed by atoms with Crippen molar-refractivity contribution >= 4 is 44.3 Å². The van der Waals surface area contributed by atoms with E-state index in [-0.39, 0.29) is 12.0 Å². The van der Waals surface area contributed by atoms with Crippen LogP contribution in [-0.2, 0) is 20.5 Å². The minimum Gasteiger partial charge on any atom is -0.450 e. The topological polar surface area (TPSA) is 80.3 Å². The Kier molecular flexibility index (Phi) is 7.66. The van der Waals surface area contributed by atoms with Crippen LogP contribution in [0.15, 0.2) is 16.9 Å². The third-order valence-corrected chi connectivity index (χ3v) is 3.80. The molecule has 0 bridgehead atoms. The number of hydrogen-bond donors (Lipinski definition) is 2. The second kappa shape index (κ2) is 8.99. The lowest BCUT2D eigenvalue weighted by atomic mass is 10.2. The Labute approximate surface area is 135 Å². The second-order valence-electron chi connectivity index (χ2n) is 4.59. The van der Waals surface area contributed by atoms with E-state index in [9.17, 15) is 9.00 Å². The fourth-order valence-electron chi connectivity index (χ4n) is 1.69. The van der Waals surface area contributed by atoms with Crippen LogP contribution >= 0.6 is 15.9 Å². The molecule has 2 unspecified atom stereocenters. The zero-order valence-electron chi connectivity index (χ0n) is 12.3. The predicted octanol–water partition coefficient (Wildman–Crippen LogP) is 3.04. The number of aromatic nitrogens is 1. The van der Waals surface area contributed by atoms with Crippen molar-refractivity contribution in [3.63, 3.8) is 0 Å². The molecule has 2 N–H and O–H groups in total. The van der Waals surface area contributed by atoms with Crippen molar-refractivity contribution in [2.45, 2.75) is 39.7 Å². The van der Waals surface area contributed by atoms with Gasteiger partial charge in [-0.1, -0.05) is 13.3 Å². The van der Waals surface area contributed by atoms with Crippen LogP contribution in [0, 0.1) is 0 Å². The predicted molar refractivity (Wildman–Crippen MR) is 88.3 cm³/mol. The molecule has 0 aliphatic heterocycles. The number of anilines is 2. The Hall–Kier alpha value is -1.15. The molecule has 0 aromatic carbocycles. The standard InChI is InChI=1S/C13H20BrN3O3S/c1-4-5-9(2)16-11-6-13(14)15-7-12(11)17-21(19)8-20-10(3)18/h6-7,9,17H,4-5,8H2,1-3H3,(H,15,16). The molecular weight excluding hydrogens is 358 g/mol. The third kappa shape index (κ3) is 6.90. The van der Waals surface area contributed by atoms with Crippen LogP contribution in [0.4, 0.5) is 11.4 Å². The molecule has 8 heteroatoms. The average molecular weight is 378 g/mol. The lowest BCUT2D eigenvalue weighted by Crippen LogP contribution is -2.18. The molecule has 0 fully saturated rings. The monoisotopic (exact) mass is 377 g/mol. The molecule has 0 aliphatic carbocycles. The van der Waals surface area contributed by atoms with Gasteiger partial charge >= 0.3 is 5.97 Å². The van der Waals surface area contributed by atoms with Gasteiger partial charge in [0.05, 0.1) is 17.6 Å². The quantitative estimate of drug-likeness (QED) is 0.537. The van der Waals surface area contributed by atoms with Crippen molar-refractivity contribution in [1.82, 2.24) is 4.98 Å². The molecule has 0 spiro atoms. The summed E-state index contributed by atoms with van der Waals surface area (Å²) in [7, 11) is -1.52. The number of carbonyl (C=O) groups is 1. The van der Waals surface area contributed by atoms with Crippen LogP contribution in [0.3, 0.4) is 0 Å². The maximum atomic E-state index is 11.8. The van der Waals surface area contributed by atoms with Gasteiger partial charge in [-0.15, -0.1) is 0 Å². The van der Waals surface area contributed by atoms with E-state index in [0.717, 1.165) is 18.5 Å². The number of pyridine rings is 1. The second-order valence-corrected chi connectivity index (χ2v) is 6.53. The van der Waals surface area contributed by atoms with E-state index >= 15 is 0 Å². The summed E-state index contributed by atoms with van der Waals surface area (Å²) in [4.78, 5) is 14.8. The summed E-state index contributed by atoms with van der Waals surface area (Å²) in [6.45, 7) is 5.48. The van der Waals surface area contributed by atoms with Gasteiger partial charge in [-0.3, -0.25) is 9.52 Å². The van der Waals surface area contributed by atoms with Crippen molar-refractivity contribution in [3.8, 4) is 0 Å². The molecule has 6 nitrogen and oxygen atoms in total. The summed E-state index contributed by atoms with van der Waals surface area (Å²) < 4.78 is 20.0. The molecule has 1 aromatic rings. The lowest BCUT2D eigenvalue weighted by Gasteiger charge is -2.18. The van der Waals surface area contributed by atoms with Crippen molar-refractivity contribution in [2.75, 3.05) is 16.0 Å². The summed E-state index contributed by atoms with van der Waals surface area (Å²) in [5.74, 6) is -0.663. The Morgan fingerprint density at radius 2 is 2.24 bits per heavy atom. The summed E-state index contributed by atoms with van der Waals surface area (Å²) in [6, 6.07) is 2.10. The lowest BCUT2D eigenvalue weighted by molar-refractivity contribution is -0.138. The molecule has 1 heterocycles. The van der Waals surface area contributed by atoms with Crippen LogP contribution in [0.2, 0.25) is 0 Å². The van der Waals surface area contributed by atoms with Gasteiger partial charge in [-0.05, 0) is 35.3 Å². The highest BCUT2D eigenvalue weighted by Gasteiger charge is 2.10. The highest BCUT2D eigenvalue weighted by molar-refractivity contribution is 9.10. The first-order chi connectivity index (χ1) is 9.92. The molecule has 0 saturated carbocycles. The van der Waals surface area contributed by atoms with E-state index in [0.29, 0.717) is 10.3 Å². The van der Waals surface area contributed by atoms with Crippen LogP contribution in [0.5, 0.6) is 0 Å². The van der Waals surface area contributed by atoms with Gasteiger partial charge in [0, 0.05) is 13.0 Å². The smallest absolute Gasteiger partial charge is 0.303 e. The Morgan fingerprint density at radius 1 is 1.52 bits per heavy atom. The van der Waals surface area contributed by atoms with Crippen molar-refractivity contribution < 1.29 is 13.7 Å². The molecule has 21 heavy (non-hydrogen) atoms. The highest BCUT2D eigenvalue weighted by Crippen LogP contribution is 2.25. The summed E-state index contributed by atoms with van der Waals surface area (Å²) in [5.41, 5.74) is 1.40. The minimum absolute atomic E-state index is 0.199. The van der Waals surface area contributed by atoms with Gasteiger partial charge in [0.25, 0.3) is 0 Å². The zero-order valence-corrected chi connectivity index (χ0v) is 14.7. The number of esters is 1. The summed E-state index contributed by atoms with van der Waals surface area (Å²) in [5, 5.41) is 3.35. The van der Waals surface area contributed by atoms with Gasteiger partial charge in [-0.25, -0.2) is 9.19 Å². The molecule has 1 aromatic heterocycles. The van der Waals surface area contributed by atoms with E-state index in [2.05, 4.69) is 44.8 Å². The number of carbonyl (C=O) groups excluding carboxylic acids is 1. The van der Waals surface area contributed by atoms with E-state index in [1.165, 1.54) is 6.92 Å². The first kappa shape index (κ1) is 17.9. The molecule has 1 rings (SSSR count). The number of hydrogen-bond acceptors (Lipinski definition) is 5. The maximum absolute atomic E-state index is 11.8. The Morgan fingerprint density at radius 3 is 2.86 bits per heavy atom. The van der Waals surface area contributed by atoms with Crippen molar-refractivity contribution in [3.05, 3.63) is 16.9 Å². The van der Waals surface area contributed by atoms with Crippen LogP contribution in [-0.4, -0.2) is 27.1 Å². The molecule has 118 valence electrons. The summed E-state index contributed by atoms with van der Waals surface area (Å²) in [6.07, 6.45) is 3.67. The van der Waals surface area contributed by atoms with Gasteiger partial charge in [0.2, 0.25) is 0 Å². The molecule has 0 saturated heterocycles. The van der Waals surface area contributed by atoms with E-state index < -0.39 is 17.0 Å². The molecule has 0 radical (unpaired) electrons. The number of halogens is 1. The normalized spacial score (nSPS) is 13.3. The van der Waals surface area contributed by atoms with E-state index in [1.54, 1.807) is 6.20 Å². The zero-order chi connectivity index (χ0) is 15.8. The fourth-order valence-corrected chi connectivity index (χ4v) is 2.76. The average Bonchev–Trinajstić information content (AvgIpc) is 2.40. The summed E-state index contributed by atoms with van der Waals surface area (Å²) >= 11 is 3.32.